The highest BCUT2D eigenvalue weighted by atomic mass is 35.5. The van der Waals surface area contributed by atoms with E-state index in [-0.39, 0.29) is 11.3 Å². The Labute approximate surface area is 196 Å². The standard InChI is InChI=1S/C26H21ClFN3O2/c27-18-5-3-17(4-6-18)23-24(26(33)31(25(23)32)22-11-7-19(28)8-12-22)29-20-9-13-21(14-10-20)30-15-1-2-16-30/h3-14,29H,1-2,15-16H2. The van der Waals surface area contributed by atoms with Crippen LogP contribution in [0.25, 0.3) is 5.57 Å². The Kier molecular flexibility index (Phi) is 5.60. The molecule has 0 saturated carbocycles. The van der Waals surface area contributed by atoms with E-state index in [9.17, 15) is 14.0 Å². The first kappa shape index (κ1) is 21.2. The van der Waals surface area contributed by atoms with Crippen molar-refractivity contribution in [2.24, 2.45) is 0 Å². The summed E-state index contributed by atoms with van der Waals surface area (Å²) in [7, 11) is 0. The number of hydrogen-bond donors (Lipinski definition) is 1. The van der Waals surface area contributed by atoms with Crippen molar-refractivity contribution in [3.05, 3.63) is 94.9 Å². The topological polar surface area (TPSA) is 52.7 Å². The number of nitrogens with one attached hydrogen (secondary N) is 1. The maximum Gasteiger partial charge on any atom is 0.282 e. The largest absolute Gasteiger partial charge is 0.372 e. The van der Waals surface area contributed by atoms with Gasteiger partial charge in [0.25, 0.3) is 11.8 Å². The van der Waals surface area contributed by atoms with Crippen LogP contribution in [0.3, 0.4) is 0 Å². The van der Waals surface area contributed by atoms with Crippen molar-refractivity contribution < 1.29 is 14.0 Å². The maximum atomic E-state index is 13.4. The van der Waals surface area contributed by atoms with E-state index in [1.54, 1.807) is 24.3 Å². The monoisotopic (exact) mass is 461 g/mol. The Bertz CT molecular complexity index is 1230. The lowest BCUT2D eigenvalue weighted by Gasteiger charge is -2.18. The molecule has 0 bridgehead atoms. The van der Waals surface area contributed by atoms with Gasteiger partial charge in [0.1, 0.15) is 11.5 Å². The molecular formula is C26H21ClFN3O2. The highest BCUT2D eigenvalue weighted by Gasteiger charge is 2.40. The summed E-state index contributed by atoms with van der Waals surface area (Å²) in [5, 5.41) is 3.68. The zero-order valence-corrected chi connectivity index (χ0v) is 18.5. The summed E-state index contributed by atoms with van der Waals surface area (Å²) in [5.41, 5.74) is 3.11. The molecule has 0 aliphatic carbocycles. The number of halogens is 2. The number of hydrogen-bond acceptors (Lipinski definition) is 4. The van der Waals surface area contributed by atoms with Crippen LogP contribution >= 0.6 is 11.6 Å². The number of amides is 2. The molecule has 2 aliphatic heterocycles. The van der Waals surface area contributed by atoms with Crippen molar-refractivity contribution >= 4 is 46.1 Å². The number of carbonyl (C=O) groups excluding carboxylic acids is 2. The molecule has 3 aromatic rings. The highest BCUT2D eigenvalue weighted by molar-refractivity contribution is 6.46. The molecule has 5 nitrogen and oxygen atoms in total. The molecule has 2 heterocycles. The van der Waals surface area contributed by atoms with Gasteiger partial charge in [-0.2, -0.15) is 0 Å². The average molecular weight is 462 g/mol. The predicted molar refractivity (Wildman–Crippen MR) is 129 cm³/mol. The molecule has 1 fully saturated rings. The third-order valence-electron chi connectivity index (χ3n) is 5.91. The normalized spacial score (nSPS) is 16.2. The molecule has 2 aliphatic rings. The van der Waals surface area contributed by atoms with Gasteiger partial charge in [0.05, 0.1) is 11.3 Å². The number of rotatable bonds is 5. The Morgan fingerprint density at radius 1 is 0.758 bits per heavy atom. The van der Waals surface area contributed by atoms with Gasteiger partial charge in [-0.15, -0.1) is 0 Å². The summed E-state index contributed by atoms with van der Waals surface area (Å²) >= 11 is 6.02. The minimum atomic E-state index is -0.500. The lowest BCUT2D eigenvalue weighted by molar-refractivity contribution is -0.120. The van der Waals surface area contributed by atoms with Crippen LogP contribution in [-0.2, 0) is 9.59 Å². The van der Waals surface area contributed by atoms with Crippen LogP contribution in [0.2, 0.25) is 5.02 Å². The smallest absolute Gasteiger partial charge is 0.282 e. The van der Waals surface area contributed by atoms with Gasteiger partial charge in [0, 0.05) is 29.5 Å². The molecule has 5 rings (SSSR count). The first-order valence-electron chi connectivity index (χ1n) is 10.8. The molecule has 33 heavy (non-hydrogen) atoms. The first-order valence-corrected chi connectivity index (χ1v) is 11.2. The van der Waals surface area contributed by atoms with Crippen LogP contribution in [-0.4, -0.2) is 24.9 Å². The van der Waals surface area contributed by atoms with E-state index in [2.05, 4.69) is 10.2 Å². The van der Waals surface area contributed by atoms with Gasteiger partial charge in [-0.1, -0.05) is 23.7 Å². The fourth-order valence-corrected chi connectivity index (χ4v) is 4.36. The molecule has 7 heteroatoms. The SMILES string of the molecule is O=C1C(Nc2ccc(N3CCCC3)cc2)=C(c2ccc(Cl)cc2)C(=O)N1c1ccc(F)cc1. The predicted octanol–water partition coefficient (Wildman–Crippen LogP) is 5.48. The van der Waals surface area contributed by atoms with Gasteiger partial charge in [-0.05, 0) is 79.1 Å². The third kappa shape index (κ3) is 4.10. The van der Waals surface area contributed by atoms with E-state index in [0.717, 1.165) is 23.7 Å². The van der Waals surface area contributed by atoms with Gasteiger partial charge in [0.15, 0.2) is 0 Å². The summed E-state index contributed by atoms with van der Waals surface area (Å²) < 4.78 is 13.4. The molecular weight excluding hydrogens is 441 g/mol. The summed E-state index contributed by atoms with van der Waals surface area (Å²) in [6.45, 7) is 2.08. The van der Waals surface area contributed by atoms with Crippen molar-refractivity contribution in [2.75, 3.05) is 28.2 Å². The van der Waals surface area contributed by atoms with Crippen molar-refractivity contribution in [3.63, 3.8) is 0 Å². The Morgan fingerprint density at radius 2 is 1.36 bits per heavy atom. The average Bonchev–Trinajstić information content (AvgIpc) is 3.44. The summed E-state index contributed by atoms with van der Waals surface area (Å²) in [6, 6.07) is 19.8. The van der Waals surface area contributed by atoms with E-state index in [1.165, 1.54) is 37.1 Å². The van der Waals surface area contributed by atoms with Crippen molar-refractivity contribution in [3.8, 4) is 0 Å². The molecule has 0 unspecified atom stereocenters. The second-order valence-corrected chi connectivity index (χ2v) is 8.48. The quantitative estimate of drug-likeness (QED) is 0.511. The molecule has 2 amide bonds. The van der Waals surface area contributed by atoms with E-state index in [4.69, 9.17) is 11.6 Å². The van der Waals surface area contributed by atoms with Crippen molar-refractivity contribution in [1.82, 2.24) is 0 Å². The molecule has 0 radical (unpaired) electrons. The van der Waals surface area contributed by atoms with Gasteiger partial charge in [-0.25, -0.2) is 9.29 Å². The molecule has 1 N–H and O–H groups in total. The number of nitrogens with zero attached hydrogens (tertiary/aromatic N) is 2. The van der Waals surface area contributed by atoms with Crippen molar-refractivity contribution in [1.29, 1.82) is 0 Å². The Balaban J connectivity index is 1.51. The van der Waals surface area contributed by atoms with E-state index in [1.807, 2.05) is 24.3 Å². The molecule has 0 aromatic heterocycles. The fraction of sp³-hybridized carbons (Fsp3) is 0.154. The summed E-state index contributed by atoms with van der Waals surface area (Å²) in [5.74, 6) is -1.43. The Hall–Kier alpha value is -3.64. The third-order valence-corrected chi connectivity index (χ3v) is 6.16. The second kappa shape index (κ2) is 8.71. The van der Waals surface area contributed by atoms with E-state index < -0.39 is 17.6 Å². The van der Waals surface area contributed by atoms with Crippen LogP contribution in [0.1, 0.15) is 18.4 Å². The zero-order chi connectivity index (χ0) is 22.9. The van der Waals surface area contributed by atoms with Crippen molar-refractivity contribution in [2.45, 2.75) is 12.8 Å². The Morgan fingerprint density at radius 3 is 2.00 bits per heavy atom. The first-order chi connectivity index (χ1) is 16.0. The van der Waals surface area contributed by atoms with Crippen LogP contribution < -0.4 is 15.1 Å². The molecule has 1 saturated heterocycles. The second-order valence-electron chi connectivity index (χ2n) is 8.05. The molecule has 0 spiro atoms. The summed E-state index contributed by atoms with van der Waals surface area (Å²) in [4.78, 5) is 30.2. The van der Waals surface area contributed by atoms with Crippen LogP contribution in [0.4, 0.5) is 21.5 Å². The number of imide groups is 1. The molecule has 0 atom stereocenters. The van der Waals surface area contributed by atoms with Gasteiger partial charge < -0.3 is 10.2 Å². The van der Waals surface area contributed by atoms with Crippen LogP contribution in [0.5, 0.6) is 0 Å². The lowest BCUT2D eigenvalue weighted by atomic mass is 10.0. The lowest BCUT2D eigenvalue weighted by Crippen LogP contribution is -2.32. The minimum absolute atomic E-state index is 0.167. The number of anilines is 3. The fourth-order valence-electron chi connectivity index (χ4n) is 4.23. The minimum Gasteiger partial charge on any atom is -0.372 e. The van der Waals surface area contributed by atoms with E-state index >= 15 is 0 Å². The van der Waals surface area contributed by atoms with Gasteiger partial charge in [-0.3, -0.25) is 9.59 Å². The molecule has 166 valence electrons. The molecule has 3 aromatic carbocycles. The van der Waals surface area contributed by atoms with E-state index in [0.29, 0.717) is 22.0 Å². The maximum absolute atomic E-state index is 13.4. The zero-order valence-electron chi connectivity index (χ0n) is 17.7. The van der Waals surface area contributed by atoms with Gasteiger partial charge in [0.2, 0.25) is 0 Å². The number of carbonyl (C=O) groups is 2. The van der Waals surface area contributed by atoms with Crippen LogP contribution in [0.15, 0.2) is 78.5 Å². The summed E-state index contributed by atoms with van der Waals surface area (Å²) in [6.07, 6.45) is 2.38. The highest BCUT2D eigenvalue weighted by Crippen LogP contribution is 2.34. The van der Waals surface area contributed by atoms with Crippen LogP contribution in [0, 0.1) is 5.82 Å². The number of benzene rings is 3. The van der Waals surface area contributed by atoms with Gasteiger partial charge >= 0.3 is 0 Å².